The van der Waals surface area contributed by atoms with Crippen molar-refractivity contribution in [3.8, 4) is 11.4 Å². The summed E-state index contributed by atoms with van der Waals surface area (Å²) < 4.78 is 0.977. The molecule has 2 aromatic rings. The van der Waals surface area contributed by atoms with Gasteiger partial charge in [0.25, 0.3) is 0 Å². The van der Waals surface area contributed by atoms with Crippen LogP contribution in [0.4, 0.5) is 0 Å². The van der Waals surface area contributed by atoms with Crippen molar-refractivity contribution in [3.05, 3.63) is 28.7 Å². The van der Waals surface area contributed by atoms with Crippen LogP contribution in [0.15, 0.2) is 28.7 Å². The molecule has 2 amide bonds. The van der Waals surface area contributed by atoms with Gasteiger partial charge in [0.15, 0.2) is 0 Å². The van der Waals surface area contributed by atoms with Crippen LogP contribution in [-0.4, -0.2) is 68.0 Å². The van der Waals surface area contributed by atoms with Crippen molar-refractivity contribution in [1.29, 1.82) is 0 Å². The molecule has 4 rings (SSSR count). The first kappa shape index (κ1) is 21.0. The van der Waals surface area contributed by atoms with Crippen LogP contribution in [0.5, 0.6) is 0 Å². The van der Waals surface area contributed by atoms with Crippen LogP contribution in [0.2, 0.25) is 0 Å². The van der Waals surface area contributed by atoms with Crippen LogP contribution in [0.1, 0.15) is 32.6 Å². The van der Waals surface area contributed by atoms with Crippen LogP contribution >= 0.6 is 15.9 Å². The highest BCUT2D eigenvalue weighted by molar-refractivity contribution is 9.10. The minimum atomic E-state index is -0.0350. The molecule has 1 atom stereocenters. The van der Waals surface area contributed by atoms with Crippen molar-refractivity contribution in [3.63, 3.8) is 0 Å². The molecule has 0 radical (unpaired) electrons. The van der Waals surface area contributed by atoms with E-state index >= 15 is 0 Å². The third kappa shape index (κ3) is 4.88. The monoisotopic (exact) mass is 474 g/mol. The van der Waals surface area contributed by atoms with E-state index in [0.717, 1.165) is 42.4 Å². The summed E-state index contributed by atoms with van der Waals surface area (Å²) in [5.41, 5.74) is 0.850. The van der Waals surface area contributed by atoms with E-state index in [1.165, 1.54) is 11.2 Å². The molecule has 0 saturated carbocycles. The van der Waals surface area contributed by atoms with Gasteiger partial charge in [-0.15, -0.1) is 10.2 Å². The zero-order valence-electron chi connectivity index (χ0n) is 17.2. The second-order valence-electron chi connectivity index (χ2n) is 8.34. The van der Waals surface area contributed by atoms with Crippen LogP contribution < -0.4 is 0 Å². The maximum absolute atomic E-state index is 12.8. The Balaban J connectivity index is 1.28. The first-order valence-corrected chi connectivity index (χ1v) is 11.4. The fourth-order valence-corrected chi connectivity index (χ4v) is 4.53. The SMILES string of the molecule is CC1CCCN(C(=O)C2CCN(C(=O)Cn3nnc(-c4ccc(Br)cc4)n3)CC2)C1. The molecule has 2 fully saturated rings. The molecule has 0 N–H and O–H groups in total. The number of carbonyl (C=O) groups is 2. The molecule has 0 spiro atoms. The molecule has 9 heteroatoms. The van der Waals surface area contributed by atoms with Gasteiger partial charge in [-0.1, -0.05) is 22.9 Å². The Bertz CT molecular complexity index is 891. The maximum atomic E-state index is 12.8. The van der Waals surface area contributed by atoms with Crippen molar-refractivity contribution in [2.75, 3.05) is 26.2 Å². The summed E-state index contributed by atoms with van der Waals surface area (Å²) in [5, 5.41) is 12.4. The van der Waals surface area contributed by atoms with E-state index in [4.69, 9.17) is 0 Å². The number of piperidine rings is 2. The lowest BCUT2D eigenvalue weighted by Gasteiger charge is -2.37. The van der Waals surface area contributed by atoms with Crippen LogP contribution in [0, 0.1) is 11.8 Å². The summed E-state index contributed by atoms with van der Waals surface area (Å²) >= 11 is 3.40. The number of halogens is 1. The predicted octanol–water partition coefficient (Wildman–Crippen LogP) is 2.60. The van der Waals surface area contributed by atoms with Gasteiger partial charge >= 0.3 is 0 Å². The average Bonchev–Trinajstić information content (AvgIpc) is 3.22. The van der Waals surface area contributed by atoms with E-state index in [2.05, 4.69) is 38.3 Å². The number of rotatable bonds is 4. The van der Waals surface area contributed by atoms with E-state index in [-0.39, 0.29) is 24.3 Å². The van der Waals surface area contributed by atoms with Gasteiger partial charge in [-0.2, -0.15) is 4.80 Å². The summed E-state index contributed by atoms with van der Waals surface area (Å²) in [4.78, 5) is 30.7. The third-order valence-electron chi connectivity index (χ3n) is 6.00. The topological polar surface area (TPSA) is 84.2 Å². The Hall–Kier alpha value is -2.29. The minimum absolute atomic E-state index is 0.0350. The molecule has 0 aliphatic carbocycles. The molecule has 0 bridgehead atoms. The number of aromatic nitrogens is 4. The van der Waals surface area contributed by atoms with Crippen LogP contribution in [0.3, 0.4) is 0 Å². The van der Waals surface area contributed by atoms with E-state index in [9.17, 15) is 9.59 Å². The van der Waals surface area contributed by atoms with Gasteiger partial charge in [-0.25, -0.2) is 0 Å². The molecule has 1 aromatic carbocycles. The lowest BCUT2D eigenvalue weighted by atomic mass is 9.92. The first-order valence-electron chi connectivity index (χ1n) is 10.6. The fourth-order valence-electron chi connectivity index (χ4n) is 4.27. The standard InChI is InChI=1S/C21H27BrN6O2/c1-15-3-2-10-27(13-15)21(30)17-8-11-26(12-9-17)19(29)14-28-24-20(23-25-28)16-4-6-18(22)7-5-16/h4-7,15,17H,2-3,8-14H2,1H3. The van der Waals surface area contributed by atoms with E-state index in [0.29, 0.717) is 24.8 Å². The van der Waals surface area contributed by atoms with Gasteiger partial charge in [-0.05, 0) is 61.1 Å². The molecule has 1 unspecified atom stereocenters. The molecular weight excluding hydrogens is 448 g/mol. The number of carbonyl (C=O) groups excluding carboxylic acids is 2. The van der Waals surface area contributed by atoms with Gasteiger partial charge in [-0.3, -0.25) is 9.59 Å². The van der Waals surface area contributed by atoms with Gasteiger partial charge < -0.3 is 9.80 Å². The smallest absolute Gasteiger partial charge is 0.246 e. The van der Waals surface area contributed by atoms with Crippen molar-refractivity contribution in [2.24, 2.45) is 11.8 Å². The molecule has 3 heterocycles. The number of hydrogen-bond donors (Lipinski definition) is 0. The van der Waals surface area contributed by atoms with Crippen LogP contribution in [-0.2, 0) is 16.1 Å². The number of tetrazole rings is 1. The predicted molar refractivity (Wildman–Crippen MR) is 115 cm³/mol. The summed E-state index contributed by atoms with van der Waals surface area (Å²) in [6, 6.07) is 7.63. The highest BCUT2D eigenvalue weighted by Crippen LogP contribution is 2.24. The molecule has 2 saturated heterocycles. The quantitative estimate of drug-likeness (QED) is 0.679. The molecular formula is C21H27BrN6O2. The molecule has 2 aliphatic heterocycles. The average molecular weight is 475 g/mol. The Morgan fingerprint density at radius 2 is 1.80 bits per heavy atom. The largest absolute Gasteiger partial charge is 0.342 e. The fraction of sp³-hybridized carbons (Fsp3) is 0.571. The lowest BCUT2D eigenvalue weighted by molar-refractivity contribution is -0.142. The summed E-state index contributed by atoms with van der Waals surface area (Å²) in [6.07, 6.45) is 3.75. The Kier molecular flexibility index (Phi) is 6.46. The van der Waals surface area contributed by atoms with Crippen LogP contribution in [0.25, 0.3) is 11.4 Å². The Morgan fingerprint density at radius 3 is 2.50 bits per heavy atom. The Labute approximate surface area is 184 Å². The highest BCUT2D eigenvalue weighted by atomic mass is 79.9. The Morgan fingerprint density at radius 1 is 1.07 bits per heavy atom. The third-order valence-corrected chi connectivity index (χ3v) is 6.53. The maximum Gasteiger partial charge on any atom is 0.246 e. The zero-order chi connectivity index (χ0) is 21.1. The van der Waals surface area contributed by atoms with E-state index in [1.807, 2.05) is 34.1 Å². The number of amides is 2. The van der Waals surface area contributed by atoms with Crippen molar-refractivity contribution in [1.82, 2.24) is 30.0 Å². The summed E-state index contributed by atoms with van der Waals surface area (Å²) in [6.45, 7) is 5.23. The van der Waals surface area contributed by atoms with Gasteiger partial charge in [0.1, 0.15) is 6.54 Å². The van der Waals surface area contributed by atoms with Crippen molar-refractivity contribution < 1.29 is 9.59 Å². The van der Waals surface area contributed by atoms with Crippen molar-refractivity contribution >= 4 is 27.7 Å². The second kappa shape index (κ2) is 9.24. The number of likely N-dealkylation sites (tertiary alicyclic amines) is 2. The normalized spacial score (nSPS) is 20.4. The number of nitrogens with zero attached hydrogens (tertiary/aromatic N) is 6. The first-order chi connectivity index (χ1) is 14.5. The minimum Gasteiger partial charge on any atom is -0.342 e. The lowest BCUT2D eigenvalue weighted by Crippen LogP contribution is -2.47. The summed E-state index contributed by atoms with van der Waals surface area (Å²) in [5.74, 6) is 1.35. The molecule has 8 nitrogen and oxygen atoms in total. The molecule has 160 valence electrons. The molecule has 30 heavy (non-hydrogen) atoms. The highest BCUT2D eigenvalue weighted by Gasteiger charge is 2.31. The van der Waals surface area contributed by atoms with Gasteiger partial charge in [0, 0.05) is 42.1 Å². The molecule has 1 aromatic heterocycles. The zero-order valence-corrected chi connectivity index (χ0v) is 18.8. The van der Waals surface area contributed by atoms with Gasteiger partial charge in [0.05, 0.1) is 0 Å². The molecule has 2 aliphatic rings. The second-order valence-corrected chi connectivity index (χ2v) is 9.25. The van der Waals surface area contributed by atoms with E-state index in [1.54, 1.807) is 0 Å². The van der Waals surface area contributed by atoms with E-state index < -0.39 is 0 Å². The van der Waals surface area contributed by atoms with Crippen molar-refractivity contribution in [2.45, 2.75) is 39.2 Å². The van der Waals surface area contributed by atoms with Gasteiger partial charge in [0.2, 0.25) is 17.6 Å². The number of benzene rings is 1. The number of hydrogen-bond acceptors (Lipinski definition) is 5. The summed E-state index contributed by atoms with van der Waals surface area (Å²) in [7, 11) is 0.